The van der Waals surface area contributed by atoms with Gasteiger partial charge in [0.1, 0.15) is 0 Å². The third-order valence-electron chi connectivity index (χ3n) is 10.3. The molecule has 0 N–H and O–H groups in total. The van der Waals surface area contributed by atoms with Gasteiger partial charge >= 0.3 is 0 Å². The average molecular weight is 653 g/mol. The quantitative estimate of drug-likeness (QED) is 0.185. The predicted molar refractivity (Wildman–Crippen MR) is 208 cm³/mol. The lowest BCUT2D eigenvalue weighted by atomic mass is 9.65. The second-order valence-electron chi connectivity index (χ2n) is 13.0. The Bertz CT molecular complexity index is 2480. The highest BCUT2D eigenvalue weighted by atomic mass is 15.2. The van der Waals surface area contributed by atoms with Gasteiger partial charge in [-0.25, -0.2) is 0 Å². The number of fused-ring (bicyclic) bond motifs is 9. The molecule has 6 aromatic carbocycles. The Hall–Kier alpha value is -6.78. The summed E-state index contributed by atoms with van der Waals surface area (Å²) in [5.41, 5.74) is 14.9. The molecule has 51 heavy (non-hydrogen) atoms. The molecule has 3 heterocycles. The molecule has 2 aromatic heterocycles. The zero-order valence-electron chi connectivity index (χ0n) is 27.8. The molecule has 8 aromatic rings. The summed E-state index contributed by atoms with van der Waals surface area (Å²) in [6.07, 6.45) is 3.77. The van der Waals surface area contributed by atoms with E-state index < -0.39 is 5.41 Å². The Labute approximate surface area is 297 Å². The second-order valence-corrected chi connectivity index (χ2v) is 13.0. The second kappa shape index (κ2) is 11.7. The summed E-state index contributed by atoms with van der Waals surface area (Å²) in [5, 5.41) is 0. The Balaban J connectivity index is 1.26. The summed E-state index contributed by atoms with van der Waals surface area (Å²) in [6.45, 7) is 0. The number of benzene rings is 6. The third kappa shape index (κ3) is 4.40. The van der Waals surface area contributed by atoms with Crippen molar-refractivity contribution in [1.29, 1.82) is 0 Å². The van der Waals surface area contributed by atoms with E-state index in [0.717, 1.165) is 56.6 Å². The van der Waals surface area contributed by atoms with Crippen molar-refractivity contribution in [3.63, 3.8) is 0 Å². The van der Waals surface area contributed by atoms with Crippen LogP contribution in [0.3, 0.4) is 0 Å². The number of rotatable bonds is 5. The molecule has 0 fully saturated rings. The maximum atomic E-state index is 4.97. The largest absolute Gasteiger partial charge is 0.310 e. The molecule has 4 nitrogen and oxygen atoms in total. The molecule has 0 atom stereocenters. The average Bonchev–Trinajstić information content (AvgIpc) is 3.50. The summed E-state index contributed by atoms with van der Waals surface area (Å²) < 4.78 is 0. The van der Waals surface area contributed by atoms with E-state index in [9.17, 15) is 0 Å². The van der Waals surface area contributed by atoms with Crippen LogP contribution in [-0.4, -0.2) is 9.97 Å². The van der Waals surface area contributed by atoms with Crippen LogP contribution in [0.4, 0.5) is 34.1 Å². The molecule has 0 unspecified atom stereocenters. The molecule has 0 amide bonds. The van der Waals surface area contributed by atoms with E-state index in [4.69, 9.17) is 9.97 Å². The molecule has 1 spiro atoms. The molecule has 0 radical (unpaired) electrons. The number of nitrogens with zero attached hydrogens (tertiary/aromatic N) is 4. The van der Waals surface area contributed by atoms with Gasteiger partial charge in [-0.05, 0) is 106 Å². The van der Waals surface area contributed by atoms with Crippen LogP contribution in [0.5, 0.6) is 0 Å². The molecule has 4 heteroatoms. The van der Waals surface area contributed by atoms with E-state index in [1.54, 1.807) is 0 Å². The summed E-state index contributed by atoms with van der Waals surface area (Å²) >= 11 is 0. The molecule has 0 bridgehead atoms. The zero-order chi connectivity index (χ0) is 33.8. The molecule has 0 saturated heterocycles. The molecule has 1 aliphatic heterocycles. The van der Waals surface area contributed by atoms with Crippen molar-refractivity contribution >= 4 is 34.1 Å². The highest BCUT2D eigenvalue weighted by molar-refractivity contribution is 5.95. The van der Waals surface area contributed by atoms with Crippen LogP contribution in [0.15, 0.2) is 194 Å². The Morgan fingerprint density at radius 1 is 0.392 bits per heavy atom. The highest BCUT2D eigenvalue weighted by Crippen LogP contribution is 2.63. The van der Waals surface area contributed by atoms with Gasteiger partial charge in [-0.2, -0.15) is 0 Å². The van der Waals surface area contributed by atoms with Crippen molar-refractivity contribution in [2.24, 2.45) is 0 Å². The van der Waals surface area contributed by atoms with Crippen LogP contribution in [-0.2, 0) is 5.41 Å². The fourth-order valence-electron chi connectivity index (χ4n) is 8.25. The number of pyridine rings is 2. The number of hydrogen-bond donors (Lipinski definition) is 0. The first-order valence-electron chi connectivity index (χ1n) is 17.3. The lowest BCUT2D eigenvalue weighted by Gasteiger charge is -2.45. The summed E-state index contributed by atoms with van der Waals surface area (Å²) in [7, 11) is 0. The van der Waals surface area contributed by atoms with Crippen molar-refractivity contribution in [2.45, 2.75) is 5.41 Å². The molecule has 10 rings (SSSR count). The van der Waals surface area contributed by atoms with E-state index in [1.165, 1.54) is 22.3 Å². The first-order valence-corrected chi connectivity index (χ1v) is 17.3. The maximum absolute atomic E-state index is 4.97. The molecular weight excluding hydrogens is 621 g/mol. The molecule has 1 aliphatic carbocycles. The SMILES string of the molecule is c1ccc(-c2ccc(N(c3ccccc3)c3ccc4c(c3)C3(c5ccccc5N4c4ccccc4)c4cccnc4-c4ncccc43)cc2)cc1. The van der Waals surface area contributed by atoms with Gasteiger partial charge < -0.3 is 9.80 Å². The molecular formula is C47H32N4. The van der Waals surface area contributed by atoms with Gasteiger partial charge in [0.05, 0.1) is 28.2 Å². The van der Waals surface area contributed by atoms with E-state index in [2.05, 4.69) is 192 Å². The van der Waals surface area contributed by atoms with Crippen molar-refractivity contribution in [3.05, 3.63) is 217 Å². The van der Waals surface area contributed by atoms with Gasteiger partial charge in [-0.3, -0.25) is 9.97 Å². The normalized spacial score (nSPS) is 13.2. The van der Waals surface area contributed by atoms with Gasteiger partial charge in [0.25, 0.3) is 0 Å². The van der Waals surface area contributed by atoms with Crippen LogP contribution in [0.1, 0.15) is 22.3 Å². The zero-order valence-corrected chi connectivity index (χ0v) is 27.8. The monoisotopic (exact) mass is 652 g/mol. The predicted octanol–water partition coefficient (Wildman–Crippen LogP) is 11.8. The lowest BCUT2D eigenvalue weighted by molar-refractivity contribution is 0.749. The Kier molecular flexibility index (Phi) is 6.68. The van der Waals surface area contributed by atoms with E-state index in [-0.39, 0.29) is 0 Å². The van der Waals surface area contributed by atoms with Crippen LogP contribution >= 0.6 is 0 Å². The molecule has 240 valence electrons. The smallest absolute Gasteiger partial charge is 0.0937 e. The first kappa shape index (κ1) is 29.2. The Morgan fingerprint density at radius 3 is 1.59 bits per heavy atom. The van der Waals surface area contributed by atoms with Crippen LogP contribution in [0.25, 0.3) is 22.5 Å². The van der Waals surface area contributed by atoms with Crippen molar-refractivity contribution in [3.8, 4) is 22.5 Å². The first-order chi connectivity index (χ1) is 25.3. The summed E-state index contributed by atoms with van der Waals surface area (Å²) in [4.78, 5) is 14.7. The van der Waals surface area contributed by atoms with Gasteiger partial charge in [-0.15, -0.1) is 0 Å². The summed E-state index contributed by atoms with van der Waals surface area (Å²) in [5.74, 6) is 0. The van der Waals surface area contributed by atoms with E-state index in [1.807, 2.05) is 12.4 Å². The fraction of sp³-hybridized carbons (Fsp3) is 0.0213. The van der Waals surface area contributed by atoms with Gasteiger partial charge in [0.2, 0.25) is 0 Å². The maximum Gasteiger partial charge on any atom is 0.0937 e. The van der Waals surface area contributed by atoms with Crippen LogP contribution in [0.2, 0.25) is 0 Å². The molecule has 2 aliphatic rings. The number of hydrogen-bond acceptors (Lipinski definition) is 4. The number of anilines is 6. The van der Waals surface area contributed by atoms with Gasteiger partial charge in [0, 0.05) is 35.1 Å². The van der Waals surface area contributed by atoms with Crippen molar-refractivity contribution in [2.75, 3.05) is 9.80 Å². The van der Waals surface area contributed by atoms with Gasteiger partial charge in [0.15, 0.2) is 0 Å². The Morgan fingerprint density at radius 2 is 0.902 bits per heavy atom. The lowest BCUT2D eigenvalue weighted by Crippen LogP contribution is -2.36. The standard InChI is InChI=1S/C47H32N4/c1-4-14-33(15-5-1)34-24-26-37(27-25-34)50(35-16-6-2-7-17-35)38-28-29-44-42(32-38)47(40-21-12-30-48-45(40)46-41(47)22-13-31-49-46)39-20-10-11-23-43(39)51(44)36-18-8-3-9-19-36/h1-32H. The highest BCUT2D eigenvalue weighted by Gasteiger charge is 2.53. The van der Waals surface area contributed by atoms with Crippen LogP contribution < -0.4 is 9.80 Å². The minimum atomic E-state index is -0.639. The van der Waals surface area contributed by atoms with Crippen molar-refractivity contribution in [1.82, 2.24) is 9.97 Å². The minimum Gasteiger partial charge on any atom is -0.310 e. The van der Waals surface area contributed by atoms with Crippen molar-refractivity contribution < 1.29 is 0 Å². The topological polar surface area (TPSA) is 32.3 Å². The third-order valence-corrected chi connectivity index (χ3v) is 10.3. The van der Waals surface area contributed by atoms with Gasteiger partial charge in [-0.1, -0.05) is 109 Å². The summed E-state index contributed by atoms with van der Waals surface area (Å²) in [6, 6.07) is 65.2. The van der Waals surface area contributed by atoms with Crippen LogP contribution in [0, 0.1) is 0 Å². The number of aromatic nitrogens is 2. The van der Waals surface area contributed by atoms with E-state index >= 15 is 0 Å². The fourth-order valence-corrected chi connectivity index (χ4v) is 8.25. The molecule has 0 saturated carbocycles. The van der Waals surface area contributed by atoms with E-state index in [0.29, 0.717) is 0 Å². The number of para-hydroxylation sites is 3. The minimum absolute atomic E-state index is 0.639.